The van der Waals surface area contributed by atoms with E-state index in [0.717, 1.165) is 22.5 Å². The Morgan fingerprint density at radius 2 is 1.06 bits per heavy atom. The average Bonchev–Trinajstić information content (AvgIpc) is 1.04. The summed E-state index contributed by atoms with van der Waals surface area (Å²) in [5, 5.41) is 34.4. The summed E-state index contributed by atoms with van der Waals surface area (Å²) < 4.78 is 101. The molecule has 27 heteroatoms. The Labute approximate surface area is 560 Å². The van der Waals surface area contributed by atoms with E-state index in [0.29, 0.717) is 86.9 Å². The summed E-state index contributed by atoms with van der Waals surface area (Å²) in [6.45, 7) is 9.34. The molecule has 0 bridgehead atoms. The van der Waals surface area contributed by atoms with Crippen molar-refractivity contribution in [1.82, 2.24) is 58.9 Å². The van der Waals surface area contributed by atoms with Gasteiger partial charge in [0.1, 0.15) is 66.5 Å². The number of benzene rings is 4. The largest absolute Gasteiger partial charge is 1.00 e. The number of likely N-dealkylation sites (tertiary alicyclic amines) is 2. The number of alkyl halides is 4. The number of likely N-dealkylation sites (N-methyl/N-ethyl adjacent to an activating group) is 2. The quantitative estimate of drug-likeness (QED) is 0.0682. The first-order chi connectivity index (χ1) is 42.0. The van der Waals surface area contributed by atoms with Crippen LogP contribution in [0.3, 0.4) is 0 Å². The molecule has 3 N–H and O–H groups in total. The van der Waals surface area contributed by atoms with Gasteiger partial charge in [-0.15, -0.1) is 5.60 Å². The number of ether oxygens (including phenoxy) is 5. The fourth-order valence-electron chi connectivity index (χ4n) is 9.60. The van der Waals surface area contributed by atoms with Gasteiger partial charge in [0.05, 0.1) is 42.6 Å². The third-order valence-electron chi connectivity index (χ3n) is 14.3. The van der Waals surface area contributed by atoms with Crippen molar-refractivity contribution in [2.75, 3.05) is 65.3 Å². The maximum Gasteiger partial charge on any atom is 1.00 e. The monoisotopic (exact) mass is 1270 g/mol. The number of hydrogen-bond acceptors (Lipinski definition) is 19. The van der Waals surface area contributed by atoms with Gasteiger partial charge in [0.15, 0.2) is 34.4 Å². The van der Waals surface area contributed by atoms with Crippen LogP contribution in [-0.4, -0.2) is 148 Å². The van der Waals surface area contributed by atoms with Crippen LogP contribution in [0.15, 0.2) is 123 Å². The van der Waals surface area contributed by atoms with Crippen molar-refractivity contribution in [3.63, 3.8) is 0 Å². The van der Waals surface area contributed by atoms with Crippen LogP contribution in [0.2, 0.25) is 0 Å². The van der Waals surface area contributed by atoms with Gasteiger partial charge in [-0.05, 0) is 112 Å². The number of hydrogen-bond donors (Lipinski definition) is 3. The number of aromatic nitrogens is 10. The zero-order valence-electron chi connectivity index (χ0n) is 51.0. The molecule has 0 amide bonds. The Morgan fingerprint density at radius 1 is 0.611 bits per heavy atom. The van der Waals surface area contributed by atoms with Gasteiger partial charge in [0.2, 0.25) is 0 Å². The summed E-state index contributed by atoms with van der Waals surface area (Å²) >= 11 is 0. The summed E-state index contributed by atoms with van der Waals surface area (Å²) in [5.74, 6) is -1.27. The minimum absolute atomic E-state index is 0. The van der Waals surface area contributed by atoms with Gasteiger partial charge in [-0.25, -0.2) is 60.9 Å². The van der Waals surface area contributed by atoms with Gasteiger partial charge < -0.3 is 49.4 Å². The van der Waals surface area contributed by atoms with Crippen molar-refractivity contribution in [2.45, 2.75) is 97.3 Å². The number of fused-ring (bicyclic) bond motifs is 4. The standard InChI is InChI=1S/C29H29F2N7O3.C22H17FN6O2.C7H13F2NO.C4H9O.CH4.K/c1-18-12-19(4-6-23(18)41-21-8-10-38-25(13-21)33-17-35-38)36-28-26-22(32-16-34-28)5-7-24(39-3)27(26)40-15-20-14-29(30,31)9-11-37(20)2;1-13-9-14(3-5-17(13)31-15-7-8-29-19(10-15)25-12-27-29)28-22-20-16(24-11-26-22)4-6-18(30-2)21(20)23;1-10-3-2-7(8,9)4-6(10)5-11;1-4(2,3)5;;/h4-8,10,12-13,16-17,20H,9,11,14-15H2,1-3H3,(H,32,34,36);3-12H,1-2H3,(H,24,26,28);6,11H,2-5H2,1H3;1-3H3;1H4;/q;;;-1;;+1/t20-;;6-;;;/m1.1.../s1. The minimum Gasteiger partial charge on any atom is -0.850 e. The molecule has 0 radical (unpaired) electrons. The van der Waals surface area contributed by atoms with E-state index >= 15 is 0 Å². The van der Waals surface area contributed by atoms with Crippen LogP contribution in [0, 0.1) is 19.7 Å². The number of methoxy groups -OCH3 is 2. The number of anilines is 4. The molecule has 0 saturated carbocycles. The van der Waals surface area contributed by atoms with Gasteiger partial charge in [-0.1, -0.05) is 28.2 Å². The first kappa shape index (κ1) is 70.0. The van der Waals surface area contributed by atoms with Crippen LogP contribution >= 0.6 is 0 Å². The van der Waals surface area contributed by atoms with Crippen LogP contribution in [0.1, 0.15) is 65.0 Å². The number of piperidine rings is 2. The molecule has 90 heavy (non-hydrogen) atoms. The molecule has 21 nitrogen and oxygen atoms in total. The van der Waals surface area contributed by atoms with E-state index in [4.69, 9.17) is 28.8 Å². The number of nitrogens with one attached hydrogen (secondary N) is 2. The molecule has 2 aliphatic heterocycles. The third kappa shape index (κ3) is 18.1. The maximum absolute atomic E-state index is 14.8. The van der Waals surface area contributed by atoms with Crippen LogP contribution in [0.4, 0.5) is 45.0 Å². The summed E-state index contributed by atoms with van der Waals surface area (Å²) in [6.07, 6.45) is 8.68. The number of nitrogens with zero attached hydrogens (tertiary/aromatic N) is 12. The fraction of sp³-hybridized carbons (Fsp3) is 0.365. The second-order valence-electron chi connectivity index (χ2n) is 22.2. The molecule has 2 aliphatic rings. The summed E-state index contributed by atoms with van der Waals surface area (Å²) in [6, 6.07) is 24.5. The van der Waals surface area contributed by atoms with Gasteiger partial charge in [-0.2, -0.15) is 10.2 Å². The van der Waals surface area contributed by atoms with Crippen LogP contribution < -0.4 is 90.8 Å². The van der Waals surface area contributed by atoms with Crippen LogP contribution in [-0.2, 0) is 0 Å². The van der Waals surface area contributed by atoms with E-state index in [1.54, 1.807) is 72.3 Å². The number of halogens is 5. The van der Waals surface area contributed by atoms with E-state index in [1.165, 1.54) is 39.5 Å². The Morgan fingerprint density at radius 3 is 1.52 bits per heavy atom. The van der Waals surface area contributed by atoms with E-state index in [2.05, 4.69) is 50.7 Å². The molecule has 0 unspecified atom stereocenters. The van der Waals surface area contributed by atoms with Crippen molar-refractivity contribution in [2.24, 2.45) is 0 Å². The smallest absolute Gasteiger partial charge is 0.850 e. The predicted molar refractivity (Wildman–Crippen MR) is 327 cm³/mol. The number of aliphatic hydroxyl groups is 1. The SMILES string of the molecule is C.CC(C)(C)[O-].CN1CCC(F)(F)C[C@@H]1CO.COc1ccc2ncnc(Nc3ccc(Oc4ccn5ncnc5c4)c(C)c3)c2c1F.COc1ccc2ncnc(Nc3ccc(Oc4ccn5ncnc5c4)c(C)c3)c2c1OC[C@H]1CC(F)(F)CCN1C.[K+]. The van der Waals surface area contributed by atoms with Crippen molar-refractivity contribution < 1.29 is 107 Å². The predicted octanol–water partition coefficient (Wildman–Crippen LogP) is 8.79. The normalized spacial score (nSPS) is 16.2. The Bertz CT molecular complexity index is 4020. The minimum atomic E-state index is -2.71. The molecule has 0 spiro atoms. The molecule has 4 aromatic carbocycles. The summed E-state index contributed by atoms with van der Waals surface area (Å²) in [4.78, 5) is 29.3. The number of pyridine rings is 2. The molecular weight excluding hydrogens is 1200 g/mol. The number of rotatable bonds is 14. The molecule has 6 aromatic heterocycles. The van der Waals surface area contributed by atoms with Crippen molar-refractivity contribution in [3.8, 4) is 40.2 Å². The molecule has 0 aliphatic carbocycles. The molecule has 472 valence electrons. The Hall–Kier alpha value is -7.47. The summed E-state index contributed by atoms with van der Waals surface area (Å²) in [5.41, 5.74) is 5.03. The van der Waals surface area contributed by atoms with Crippen molar-refractivity contribution >= 4 is 56.1 Å². The third-order valence-corrected chi connectivity index (χ3v) is 14.3. The fourth-order valence-corrected chi connectivity index (χ4v) is 9.60. The topological polar surface area (TPSA) is 232 Å². The molecule has 2 atom stereocenters. The van der Waals surface area contributed by atoms with Gasteiger partial charge in [-0.3, -0.25) is 4.90 Å². The Balaban J connectivity index is 0.000000206. The molecule has 2 fully saturated rings. The average molecular weight is 1270 g/mol. The maximum atomic E-state index is 14.8. The van der Waals surface area contributed by atoms with E-state index < -0.39 is 29.3 Å². The molecule has 12 rings (SSSR count). The molecule has 2 saturated heterocycles. The van der Waals surface area contributed by atoms with Crippen molar-refractivity contribution in [1.29, 1.82) is 0 Å². The second-order valence-corrected chi connectivity index (χ2v) is 22.2. The molecule has 10 aromatic rings. The molecule has 8 heterocycles. The Kier molecular flexibility index (Phi) is 23.8. The van der Waals surface area contributed by atoms with Crippen LogP contribution in [0.25, 0.3) is 33.1 Å². The van der Waals surface area contributed by atoms with Gasteiger partial charge in [0, 0.05) is 86.8 Å². The summed E-state index contributed by atoms with van der Waals surface area (Å²) in [7, 11) is 6.55. The molecular formula is C63H72F5KN14O7. The zero-order valence-corrected chi connectivity index (χ0v) is 54.1. The number of aryl methyl sites for hydroxylation is 2. The zero-order chi connectivity index (χ0) is 62.9. The van der Waals surface area contributed by atoms with E-state index in [1.807, 2.05) is 92.5 Å². The first-order valence-electron chi connectivity index (χ1n) is 28.1. The van der Waals surface area contributed by atoms with Crippen molar-refractivity contribution in [3.05, 3.63) is 140 Å². The van der Waals surface area contributed by atoms with Gasteiger partial charge in [0.25, 0.3) is 11.8 Å². The van der Waals surface area contributed by atoms with Gasteiger partial charge >= 0.3 is 51.4 Å². The van der Waals surface area contributed by atoms with E-state index in [-0.39, 0.29) is 115 Å². The van der Waals surface area contributed by atoms with Crippen LogP contribution in [0.5, 0.6) is 40.2 Å². The first-order valence-corrected chi connectivity index (χ1v) is 28.1. The van der Waals surface area contributed by atoms with E-state index in [9.17, 15) is 27.1 Å². The second kappa shape index (κ2) is 30.6. The number of aliphatic hydroxyl groups excluding tert-OH is 1.